The molecule has 3 N–H and O–H groups in total. The summed E-state index contributed by atoms with van der Waals surface area (Å²) in [5, 5.41) is 12.9. The lowest BCUT2D eigenvalue weighted by atomic mass is 10.1. The number of carbonyl (C=O) groups is 2. The number of aromatic nitrogens is 2. The summed E-state index contributed by atoms with van der Waals surface area (Å²) in [5.74, 6) is 0.0423. The van der Waals surface area contributed by atoms with Gasteiger partial charge in [-0.05, 0) is 31.4 Å². The quantitative estimate of drug-likeness (QED) is 0.684. The summed E-state index contributed by atoms with van der Waals surface area (Å²) in [5.41, 5.74) is 2.31. The van der Waals surface area contributed by atoms with Crippen LogP contribution in [0.3, 0.4) is 0 Å². The van der Waals surface area contributed by atoms with Crippen LogP contribution in [0.4, 0.5) is 0 Å². The number of furan rings is 1. The molecule has 8 heteroatoms. The van der Waals surface area contributed by atoms with Crippen LogP contribution in [-0.2, 0) is 11.3 Å². The summed E-state index contributed by atoms with van der Waals surface area (Å²) >= 11 is 0. The maximum Gasteiger partial charge on any atom is 0.272 e. The Morgan fingerprint density at radius 3 is 2.89 bits per heavy atom. The van der Waals surface area contributed by atoms with E-state index < -0.39 is 0 Å². The second-order valence-corrected chi connectivity index (χ2v) is 7.24. The zero-order chi connectivity index (χ0) is 19.4. The van der Waals surface area contributed by atoms with E-state index in [9.17, 15) is 9.59 Å². The van der Waals surface area contributed by atoms with E-state index in [2.05, 4.69) is 25.7 Å². The average Bonchev–Trinajstić information content (AvgIpc) is 3.35. The number of likely N-dealkylation sites (N-methyl/N-ethyl adjacent to an activating group) is 1. The van der Waals surface area contributed by atoms with E-state index in [0.717, 1.165) is 11.3 Å². The molecule has 0 saturated carbocycles. The van der Waals surface area contributed by atoms with Crippen molar-refractivity contribution in [3.63, 3.8) is 0 Å². The van der Waals surface area contributed by atoms with Crippen LogP contribution in [-0.4, -0.2) is 52.1 Å². The van der Waals surface area contributed by atoms with Gasteiger partial charge in [0.2, 0.25) is 5.91 Å². The molecule has 3 rings (SSSR count). The van der Waals surface area contributed by atoms with E-state index in [4.69, 9.17) is 4.42 Å². The van der Waals surface area contributed by atoms with Gasteiger partial charge in [0, 0.05) is 36.9 Å². The van der Waals surface area contributed by atoms with Crippen molar-refractivity contribution in [3.05, 3.63) is 41.6 Å². The second-order valence-electron chi connectivity index (χ2n) is 7.24. The van der Waals surface area contributed by atoms with Crippen LogP contribution < -0.4 is 10.6 Å². The fourth-order valence-electron chi connectivity index (χ4n) is 3.37. The van der Waals surface area contributed by atoms with Crippen molar-refractivity contribution >= 4 is 11.8 Å². The molecule has 0 aromatic carbocycles. The lowest BCUT2D eigenvalue weighted by Crippen LogP contribution is -2.42. The Hall–Kier alpha value is -2.61. The third-order valence-corrected chi connectivity index (χ3v) is 4.81. The number of hydrogen-bond acceptors (Lipinski definition) is 5. The number of H-pyrrole nitrogens is 1. The first kappa shape index (κ1) is 19.2. The number of nitrogens with one attached hydrogen (secondary N) is 3. The Labute approximate surface area is 158 Å². The summed E-state index contributed by atoms with van der Waals surface area (Å²) in [6, 6.07) is 3.27. The molecule has 1 fully saturated rings. The first-order valence-corrected chi connectivity index (χ1v) is 9.37. The average molecular weight is 373 g/mol. The van der Waals surface area contributed by atoms with Crippen LogP contribution in [0.5, 0.6) is 0 Å². The predicted molar refractivity (Wildman–Crippen MR) is 100 cm³/mol. The van der Waals surface area contributed by atoms with E-state index in [-0.39, 0.29) is 29.8 Å². The van der Waals surface area contributed by atoms with Gasteiger partial charge in [-0.15, -0.1) is 0 Å². The highest BCUT2D eigenvalue weighted by molar-refractivity contribution is 5.92. The van der Waals surface area contributed by atoms with Crippen LogP contribution in [0.2, 0.25) is 0 Å². The molecule has 0 aliphatic carbocycles. The van der Waals surface area contributed by atoms with Gasteiger partial charge in [0.15, 0.2) is 0 Å². The molecule has 2 atom stereocenters. The molecule has 2 amide bonds. The van der Waals surface area contributed by atoms with Crippen molar-refractivity contribution in [2.45, 2.75) is 51.7 Å². The van der Waals surface area contributed by atoms with Gasteiger partial charge in [-0.25, -0.2) is 0 Å². The lowest BCUT2D eigenvalue weighted by Gasteiger charge is -2.22. The maximum absolute atomic E-state index is 12.5. The molecule has 1 aliphatic rings. The van der Waals surface area contributed by atoms with E-state index in [1.54, 1.807) is 18.6 Å². The van der Waals surface area contributed by atoms with Crippen molar-refractivity contribution in [2.24, 2.45) is 0 Å². The molecule has 0 radical (unpaired) electrons. The molecule has 3 heterocycles. The van der Waals surface area contributed by atoms with E-state index in [0.29, 0.717) is 31.7 Å². The minimum absolute atomic E-state index is 0.0143. The minimum atomic E-state index is -0.282. The Kier molecular flexibility index (Phi) is 5.95. The highest BCUT2D eigenvalue weighted by Crippen LogP contribution is 2.22. The molecular weight excluding hydrogens is 346 g/mol. The number of aromatic amines is 1. The molecule has 146 valence electrons. The van der Waals surface area contributed by atoms with Crippen molar-refractivity contribution in [2.75, 3.05) is 13.1 Å². The number of carbonyl (C=O) groups excluding carboxylic acids is 2. The molecule has 0 bridgehead atoms. The predicted octanol–water partition coefficient (Wildman–Crippen LogP) is 1.64. The topological polar surface area (TPSA) is 103 Å². The summed E-state index contributed by atoms with van der Waals surface area (Å²) in [6.07, 6.45) is 3.87. The zero-order valence-electron chi connectivity index (χ0n) is 16.0. The Bertz CT molecular complexity index is 768. The van der Waals surface area contributed by atoms with Gasteiger partial charge >= 0.3 is 0 Å². The van der Waals surface area contributed by atoms with Crippen LogP contribution in [0, 0.1) is 0 Å². The smallest absolute Gasteiger partial charge is 0.272 e. The van der Waals surface area contributed by atoms with Crippen molar-refractivity contribution in [3.8, 4) is 0 Å². The normalized spacial score (nSPS) is 20.1. The van der Waals surface area contributed by atoms with E-state index in [1.807, 2.05) is 26.8 Å². The van der Waals surface area contributed by atoms with Gasteiger partial charge in [0.05, 0.1) is 18.6 Å². The second kappa shape index (κ2) is 8.39. The molecule has 2 aromatic heterocycles. The lowest BCUT2D eigenvalue weighted by molar-refractivity contribution is -0.125. The fourth-order valence-corrected chi connectivity index (χ4v) is 3.37. The molecule has 0 unspecified atom stereocenters. The van der Waals surface area contributed by atoms with E-state index in [1.165, 1.54) is 0 Å². The first-order valence-electron chi connectivity index (χ1n) is 9.37. The third-order valence-electron chi connectivity index (χ3n) is 4.81. The number of rotatable bonds is 7. The maximum atomic E-state index is 12.5. The van der Waals surface area contributed by atoms with Crippen LogP contribution in [0.15, 0.2) is 29.1 Å². The van der Waals surface area contributed by atoms with Crippen LogP contribution in [0.1, 0.15) is 54.9 Å². The molecule has 1 aliphatic heterocycles. The van der Waals surface area contributed by atoms with Gasteiger partial charge in [-0.1, -0.05) is 13.8 Å². The van der Waals surface area contributed by atoms with Crippen molar-refractivity contribution in [1.82, 2.24) is 25.7 Å². The molecule has 0 spiro atoms. The number of amides is 2. The summed E-state index contributed by atoms with van der Waals surface area (Å²) in [4.78, 5) is 27.1. The monoisotopic (exact) mass is 373 g/mol. The van der Waals surface area contributed by atoms with Gasteiger partial charge < -0.3 is 15.1 Å². The van der Waals surface area contributed by atoms with Crippen molar-refractivity contribution in [1.29, 1.82) is 0 Å². The SMILES string of the molecule is CCNC(=O)[C@@H]1C[C@H](NC(=O)c2cc(C(C)C)[nH]n2)CN1Cc1ccoc1. The molecule has 8 nitrogen and oxygen atoms in total. The largest absolute Gasteiger partial charge is 0.472 e. The number of hydrogen-bond donors (Lipinski definition) is 3. The van der Waals surface area contributed by atoms with Gasteiger partial charge in [0.1, 0.15) is 5.69 Å². The highest BCUT2D eigenvalue weighted by atomic mass is 16.3. The third kappa shape index (κ3) is 4.57. The minimum Gasteiger partial charge on any atom is -0.472 e. The highest BCUT2D eigenvalue weighted by Gasteiger charge is 2.37. The first-order chi connectivity index (χ1) is 13.0. The van der Waals surface area contributed by atoms with E-state index >= 15 is 0 Å². The van der Waals surface area contributed by atoms with Gasteiger partial charge in [-0.3, -0.25) is 19.6 Å². The Morgan fingerprint density at radius 1 is 1.44 bits per heavy atom. The fraction of sp³-hybridized carbons (Fsp3) is 0.526. The van der Waals surface area contributed by atoms with Crippen LogP contribution in [0.25, 0.3) is 0 Å². The molecule has 2 aromatic rings. The molecule has 1 saturated heterocycles. The van der Waals surface area contributed by atoms with Crippen molar-refractivity contribution < 1.29 is 14.0 Å². The van der Waals surface area contributed by atoms with Crippen LogP contribution >= 0.6 is 0 Å². The standard InChI is InChI=1S/C19H27N5O3/c1-4-20-19(26)17-7-14(10-24(17)9-13-5-6-27-11-13)21-18(25)16-8-15(12(2)3)22-23-16/h5-6,8,11-12,14,17H,4,7,9-10H2,1-3H3,(H,20,26)(H,21,25)(H,22,23)/t14-,17-/m0/s1. The molecule has 27 heavy (non-hydrogen) atoms. The Morgan fingerprint density at radius 2 is 2.26 bits per heavy atom. The number of likely N-dealkylation sites (tertiary alicyclic amines) is 1. The summed E-state index contributed by atoms with van der Waals surface area (Å²) < 4.78 is 5.13. The molecular formula is C19H27N5O3. The Balaban J connectivity index is 1.66. The summed E-state index contributed by atoms with van der Waals surface area (Å²) in [6.45, 7) is 7.76. The summed E-state index contributed by atoms with van der Waals surface area (Å²) in [7, 11) is 0. The number of nitrogens with zero attached hydrogens (tertiary/aromatic N) is 2. The van der Waals surface area contributed by atoms with Gasteiger partial charge in [-0.2, -0.15) is 5.10 Å². The zero-order valence-corrected chi connectivity index (χ0v) is 16.0. The van der Waals surface area contributed by atoms with Gasteiger partial charge in [0.25, 0.3) is 5.91 Å².